The van der Waals surface area contributed by atoms with Crippen LogP contribution in [0.4, 0.5) is 0 Å². The summed E-state index contributed by atoms with van der Waals surface area (Å²) in [6, 6.07) is 0. The fourth-order valence-electron chi connectivity index (χ4n) is 5.43. The molecule has 0 saturated heterocycles. The van der Waals surface area contributed by atoms with Gasteiger partial charge in [0, 0.05) is 35.7 Å². The maximum absolute atomic E-state index is 12.0. The molecule has 9 heteroatoms. The number of hydrogen-bond acceptors (Lipinski definition) is 7. The van der Waals surface area contributed by atoms with Crippen LogP contribution in [-0.2, 0) is 16.2 Å². The van der Waals surface area contributed by atoms with Crippen LogP contribution in [-0.4, -0.2) is 44.9 Å². The SMILES string of the molecule is C=Cc1c(C)c2n(CCC(N)=O)c1=CC1=NC(=C(/C=C/NOCC)C1(C)O)C=C1N=C(C=C3C=C(C)C(=N3)C=2)C=C1C. The van der Waals surface area contributed by atoms with Gasteiger partial charge in [-0.2, -0.15) is 0 Å². The quantitative estimate of drug-likeness (QED) is 0.331. The molecular formula is C33H36N6O3. The van der Waals surface area contributed by atoms with E-state index in [1.165, 1.54) is 0 Å². The van der Waals surface area contributed by atoms with Crippen LogP contribution in [0, 0.1) is 6.92 Å². The minimum absolute atomic E-state index is 0.138. The monoisotopic (exact) mass is 564 g/mol. The number of fused-ring (bicyclic) bond motifs is 5. The van der Waals surface area contributed by atoms with Gasteiger partial charge in [-0.15, -0.1) is 0 Å². The highest BCUT2D eigenvalue weighted by atomic mass is 16.6. The van der Waals surface area contributed by atoms with Crippen molar-refractivity contribution in [1.82, 2.24) is 10.0 Å². The molecule has 1 aromatic rings. The third-order valence-corrected chi connectivity index (χ3v) is 7.67. The summed E-state index contributed by atoms with van der Waals surface area (Å²) in [5.41, 5.74) is 15.5. The lowest BCUT2D eigenvalue weighted by atomic mass is 9.91. The molecule has 4 aliphatic rings. The van der Waals surface area contributed by atoms with Crippen molar-refractivity contribution in [1.29, 1.82) is 0 Å². The molecule has 0 aromatic carbocycles. The van der Waals surface area contributed by atoms with E-state index in [1.54, 1.807) is 25.3 Å². The lowest BCUT2D eigenvalue weighted by Crippen LogP contribution is -2.36. The van der Waals surface area contributed by atoms with E-state index in [0.717, 1.165) is 55.8 Å². The Kier molecular flexibility index (Phi) is 7.81. The highest BCUT2D eigenvalue weighted by Gasteiger charge is 2.37. The van der Waals surface area contributed by atoms with E-state index in [-0.39, 0.29) is 6.42 Å². The Labute approximate surface area is 245 Å². The minimum atomic E-state index is -1.45. The number of aliphatic imine (C=N–C) groups is 3. The van der Waals surface area contributed by atoms with Gasteiger partial charge in [-0.3, -0.25) is 15.1 Å². The van der Waals surface area contributed by atoms with Gasteiger partial charge in [-0.1, -0.05) is 12.7 Å². The van der Waals surface area contributed by atoms with Crippen molar-refractivity contribution in [3.8, 4) is 0 Å². The number of allylic oxidation sites excluding steroid dienone is 6. The maximum atomic E-state index is 12.0. The van der Waals surface area contributed by atoms with Gasteiger partial charge in [-0.05, 0) is 93.9 Å². The zero-order valence-electron chi connectivity index (χ0n) is 24.7. The average molecular weight is 565 g/mol. The smallest absolute Gasteiger partial charge is 0.219 e. The molecule has 1 aromatic heterocycles. The van der Waals surface area contributed by atoms with Gasteiger partial charge in [-0.25, -0.2) is 15.0 Å². The molecule has 5 rings (SSSR count). The van der Waals surface area contributed by atoms with Gasteiger partial charge in [0.05, 0.1) is 46.2 Å². The number of hydroxylamine groups is 1. The molecule has 0 fully saturated rings. The number of carbonyl (C=O) groups is 1. The van der Waals surface area contributed by atoms with Crippen LogP contribution in [0.5, 0.6) is 0 Å². The lowest BCUT2D eigenvalue weighted by molar-refractivity contribution is -0.118. The summed E-state index contributed by atoms with van der Waals surface area (Å²) in [5, 5.41) is 13.6. The number of carbonyl (C=O) groups excluding carboxylic acids is 1. The number of amides is 1. The van der Waals surface area contributed by atoms with E-state index in [2.05, 4.69) is 12.1 Å². The largest absolute Gasteiger partial charge is 0.379 e. The third kappa shape index (κ3) is 5.36. The number of nitrogens with zero attached hydrogens (tertiary/aromatic N) is 4. The standard InChI is InChI=1S/C33H36N6O3/c1-7-24-21(5)29-17-27-20(4)14-23(37-27)15-22-13-19(3)26(36-22)16-28-25(9-11-35-42-8-2)33(6,41)31(38-28)18-30(24)39(29)12-10-32(34)40/h7,9,11,13-18,35,41H,1,8,10,12H2,2-6H3,(H2,34,40)/b11-9+,23-15?,26-16?,29-17?,30-18?. The first-order valence-electron chi connectivity index (χ1n) is 13.9. The van der Waals surface area contributed by atoms with Crippen LogP contribution in [0.25, 0.3) is 18.2 Å². The van der Waals surface area contributed by atoms with Gasteiger partial charge in [0.15, 0.2) is 0 Å². The van der Waals surface area contributed by atoms with Crippen molar-refractivity contribution < 1.29 is 14.7 Å². The number of rotatable bonds is 8. The lowest BCUT2D eigenvalue weighted by Gasteiger charge is -2.20. The number of aliphatic hydroxyl groups is 1. The molecule has 9 nitrogen and oxygen atoms in total. The first-order chi connectivity index (χ1) is 20.0. The predicted molar refractivity (Wildman–Crippen MR) is 169 cm³/mol. The number of nitrogens with two attached hydrogens (primary N) is 1. The molecule has 42 heavy (non-hydrogen) atoms. The van der Waals surface area contributed by atoms with Crippen molar-refractivity contribution >= 4 is 41.3 Å². The second-order valence-corrected chi connectivity index (χ2v) is 10.7. The van der Waals surface area contributed by atoms with E-state index in [1.807, 2.05) is 68.7 Å². The molecule has 4 N–H and O–H groups in total. The predicted octanol–water partition coefficient (Wildman–Crippen LogP) is 2.97. The normalized spacial score (nSPS) is 21.1. The van der Waals surface area contributed by atoms with E-state index in [9.17, 15) is 9.90 Å². The third-order valence-electron chi connectivity index (χ3n) is 7.67. The van der Waals surface area contributed by atoms with Crippen molar-refractivity contribution in [2.24, 2.45) is 20.7 Å². The maximum Gasteiger partial charge on any atom is 0.219 e. The summed E-state index contributed by atoms with van der Waals surface area (Å²) in [6.45, 7) is 14.5. The Balaban J connectivity index is 1.84. The van der Waals surface area contributed by atoms with Crippen LogP contribution < -0.4 is 21.9 Å². The van der Waals surface area contributed by atoms with Gasteiger partial charge < -0.3 is 15.4 Å². The van der Waals surface area contributed by atoms with E-state index >= 15 is 0 Å². The Morgan fingerprint density at radius 1 is 1.10 bits per heavy atom. The Morgan fingerprint density at radius 2 is 1.88 bits per heavy atom. The van der Waals surface area contributed by atoms with Crippen molar-refractivity contribution in [3.63, 3.8) is 0 Å². The molecule has 1 amide bonds. The molecule has 216 valence electrons. The fourth-order valence-corrected chi connectivity index (χ4v) is 5.43. The van der Waals surface area contributed by atoms with Gasteiger partial charge in [0.1, 0.15) is 5.60 Å². The van der Waals surface area contributed by atoms with E-state index in [4.69, 9.17) is 25.5 Å². The molecule has 4 aliphatic heterocycles. The molecule has 0 saturated carbocycles. The fraction of sp³-hybridized carbons (Fsp3) is 0.273. The molecule has 1 atom stereocenters. The number of nitrogens with one attached hydrogen (secondary N) is 1. The van der Waals surface area contributed by atoms with Gasteiger partial charge in [0.2, 0.25) is 5.91 Å². The summed E-state index contributed by atoms with van der Waals surface area (Å²) >= 11 is 0. The second-order valence-electron chi connectivity index (χ2n) is 10.7. The molecule has 5 heterocycles. The van der Waals surface area contributed by atoms with Crippen LogP contribution in [0.3, 0.4) is 0 Å². The van der Waals surface area contributed by atoms with Crippen LogP contribution in [0.2, 0.25) is 0 Å². The second kappa shape index (κ2) is 11.3. The highest BCUT2D eigenvalue weighted by Crippen LogP contribution is 2.34. The Bertz CT molecular complexity index is 1800. The van der Waals surface area contributed by atoms with Crippen LogP contribution in [0.15, 0.2) is 91.9 Å². The first-order valence-corrected chi connectivity index (χ1v) is 13.9. The molecule has 0 aliphatic carbocycles. The molecule has 8 bridgehead atoms. The Hall–Kier alpha value is -4.60. The summed E-state index contributed by atoms with van der Waals surface area (Å²) in [6.07, 6.45) is 17.1. The van der Waals surface area contributed by atoms with Crippen molar-refractivity contribution in [2.75, 3.05) is 6.61 Å². The van der Waals surface area contributed by atoms with Crippen molar-refractivity contribution in [3.05, 3.63) is 98.8 Å². The molecule has 0 radical (unpaired) electrons. The van der Waals surface area contributed by atoms with Gasteiger partial charge >= 0.3 is 0 Å². The molecule has 1 unspecified atom stereocenters. The van der Waals surface area contributed by atoms with Crippen molar-refractivity contribution in [2.45, 2.75) is 53.2 Å². The summed E-state index contributed by atoms with van der Waals surface area (Å²) < 4.78 is 2.03. The summed E-state index contributed by atoms with van der Waals surface area (Å²) in [5.74, 6) is -0.408. The number of hydrogen-bond donors (Lipinski definition) is 3. The van der Waals surface area contributed by atoms with Crippen LogP contribution >= 0.6 is 0 Å². The summed E-state index contributed by atoms with van der Waals surface area (Å²) in [4.78, 5) is 31.8. The number of primary amides is 1. The van der Waals surface area contributed by atoms with E-state index in [0.29, 0.717) is 30.1 Å². The average Bonchev–Trinajstić information content (AvgIpc) is 3.59. The number of aromatic nitrogens is 1. The highest BCUT2D eigenvalue weighted by molar-refractivity contribution is 6.23. The van der Waals surface area contributed by atoms with Gasteiger partial charge in [0.25, 0.3) is 0 Å². The van der Waals surface area contributed by atoms with Crippen LogP contribution in [0.1, 0.15) is 45.2 Å². The van der Waals surface area contributed by atoms with E-state index < -0.39 is 11.5 Å². The zero-order valence-corrected chi connectivity index (χ0v) is 24.7. The summed E-state index contributed by atoms with van der Waals surface area (Å²) in [7, 11) is 0. The topological polar surface area (TPSA) is 127 Å². The first kappa shape index (κ1) is 28.9. The molecule has 0 spiro atoms. The Morgan fingerprint density at radius 3 is 2.60 bits per heavy atom. The minimum Gasteiger partial charge on any atom is -0.379 e. The zero-order chi connectivity index (χ0) is 30.2. The molecular weight excluding hydrogens is 528 g/mol.